The minimum Gasteiger partial charge on any atom is -0.457 e. The molecule has 1 N–H and O–H groups in total. The van der Waals surface area contributed by atoms with Gasteiger partial charge in [-0.15, -0.1) is 0 Å². The molecular formula is C15H20IN2O6P. The van der Waals surface area contributed by atoms with Gasteiger partial charge >= 0.3 is 19.0 Å². The van der Waals surface area contributed by atoms with Crippen molar-refractivity contribution in [3.63, 3.8) is 0 Å². The minimum atomic E-state index is -4.27. The predicted molar refractivity (Wildman–Crippen MR) is 99.2 cm³/mol. The molecule has 0 unspecified atom stereocenters. The first-order valence-electron chi connectivity index (χ1n) is 7.11. The number of nitrogens with zero attached hydrogens (tertiary/aromatic N) is 2. The molecule has 0 aliphatic rings. The lowest BCUT2D eigenvalue weighted by Crippen LogP contribution is -2.48. The van der Waals surface area contributed by atoms with Gasteiger partial charge in [-0.3, -0.25) is 0 Å². The van der Waals surface area contributed by atoms with Crippen LogP contribution in [0.4, 0.5) is 0 Å². The molecule has 25 heavy (non-hydrogen) atoms. The summed E-state index contributed by atoms with van der Waals surface area (Å²) in [7, 11) is -2.19. The Kier molecular flexibility index (Phi) is 7.09. The zero-order valence-electron chi connectivity index (χ0n) is 14.5. The van der Waals surface area contributed by atoms with Crippen molar-refractivity contribution in [1.82, 2.24) is 0 Å². The van der Waals surface area contributed by atoms with Crippen LogP contribution in [0.5, 0.6) is 0 Å². The van der Waals surface area contributed by atoms with Gasteiger partial charge in [0.05, 0.1) is 0 Å². The van der Waals surface area contributed by atoms with Gasteiger partial charge in [0, 0.05) is 23.4 Å². The van der Waals surface area contributed by atoms with E-state index in [1.807, 2.05) is 22.6 Å². The predicted octanol–water partition coefficient (Wildman–Crippen LogP) is 2.93. The molecule has 0 amide bonds. The summed E-state index contributed by atoms with van der Waals surface area (Å²) in [5, 5.41) is 11.3. The maximum absolute atomic E-state index is 12.8. The van der Waals surface area contributed by atoms with Crippen LogP contribution in [0.15, 0.2) is 24.3 Å². The normalized spacial score (nSPS) is 14.4. The molecule has 8 nitrogen and oxygen atoms in total. The number of ether oxygens (including phenoxy) is 1. The van der Waals surface area contributed by atoms with Crippen LogP contribution in [0.1, 0.15) is 26.3 Å². The van der Waals surface area contributed by atoms with Gasteiger partial charge in [0.2, 0.25) is 0 Å². The number of rotatable bonds is 6. The number of esters is 1. The summed E-state index contributed by atoms with van der Waals surface area (Å²) in [6.07, 6.45) is 0. The third-order valence-electron chi connectivity index (χ3n) is 3.12. The number of hydrogen-bond acceptors (Lipinski definition) is 6. The van der Waals surface area contributed by atoms with Gasteiger partial charge in [-0.25, -0.2) is 9.36 Å². The molecule has 0 aromatic heterocycles. The quantitative estimate of drug-likeness (QED) is 0.166. The lowest BCUT2D eigenvalue weighted by atomic mass is 9.94. The van der Waals surface area contributed by atoms with Crippen LogP contribution in [-0.4, -0.2) is 41.1 Å². The van der Waals surface area contributed by atoms with Gasteiger partial charge in [0.1, 0.15) is 5.60 Å². The van der Waals surface area contributed by atoms with Crippen LogP contribution < -0.4 is 0 Å². The topological polar surface area (TPSA) is 118 Å². The van der Waals surface area contributed by atoms with Crippen molar-refractivity contribution in [2.75, 3.05) is 14.2 Å². The van der Waals surface area contributed by atoms with Crippen molar-refractivity contribution in [3.8, 4) is 0 Å². The standard InChI is InChI=1S/C15H20IN2O6P/c1-14(2,3)24-13(19)15(20,10-8-6-7-9-11(10)16)12(18-17)25(21,22-4)23-5/h6-9,20H,1-5H3/t15-/m0/s1. The van der Waals surface area contributed by atoms with Gasteiger partial charge < -0.3 is 24.4 Å². The Bertz CT molecular complexity index is 749. The average molecular weight is 482 g/mol. The Hall–Kier alpha value is -1.09. The molecule has 1 aromatic carbocycles. The highest BCUT2D eigenvalue weighted by molar-refractivity contribution is 14.1. The van der Waals surface area contributed by atoms with Crippen LogP contribution in [-0.2, 0) is 28.7 Å². The summed E-state index contributed by atoms with van der Waals surface area (Å²) < 4.78 is 28.1. The highest BCUT2D eigenvalue weighted by Crippen LogP contribution is 2.53. The summed E-state index contributed by atoms with van der Waals surface area (Å²) in [5.41, 5.74) is 4.94. The SMILES string of the molecule is COP(=O)(OC)C(=[N+]=[N-])[C@](O)(C(=O)OC(C)(C)C)c1ccccc1I. The summed E-state index contributed by atoms with van der Waals surface area (Å²) in [6, 6.07) is 6.28. The fourth-order valence-corrected chi connectivity index (χ4v) is 3.99. The Labute approximate surface area is 159 Å². The summed E-state index contributed by atoms with van der Waals surface area (Å²) in [5.74, 6) is -1.17. The lowest BCUT2D eigenvalue weighted by Gasteiger charge is -2.29. The van der Waals surface area contributed by atoms with E-state index in [4.69, 9.17) is 13.8 Å². The molecule has 138 valence electrons. The van der Waals surface area contributed by atoms with E-state index in [1.165, 1.54) is 6.07 Å². The molecule has 10 heteroatoms. The van der Waals surface area contributed by atoms with Crippen molar-refractivity contribution in [2.24, 2.45) is 0 Å². The van der Waals surface area contributed by atoms with Gasteiger partial charge in [-0.2, -0.15) is 4.79 Å². The zero-order chi connectivity index (χ0) is 19.5. The Balaban J connectivity index is 3.76. The van der Waals surface area contributed by atoms with E-state index in [2.05, 4.69) is 4.79 Å². The Morgan fingerprint density at radius 1 is 1.24 bits per heavy atom. The van der Waals surface area contributed by atoms with E-state index in [-0.39, 0.29) is 5.56 Å². The van der Waals surface area contributed by atoms with Gasteiger partial charge in [-0.05, 0) is 49.4 Å². The van der Waals surface area contributed by atoms with Gasteiger partial charge in [-0.1, -0.05) is 18.2 Å². The van der Waals surface area contributed by atoms with E-state index in [1.54, 1.807) is 39.0 Å². The number of benzene rings is 1. The maximum Gasteiger partial charge on any atom is 0.441 e. The Morgan fingerprint density at radius 3 is 2.16 bits per heavy atom. The van der Waals surface area contributed by atoms with Gasteiger partial charge in [0.15, 0.2) is 0 Å². The van der Waals surface area contributed by atoms with Crippen molar-refractivity contribution in [3.05, 3.63) is 38.9 Å². The fraction of sp³-hybridized carbons (Fsp3) is 0.467. The van der Waals surface area contributed by atoms with E-state index in [0.29, 0.717) is 3.57 Å². The molecular weight excluding hydrogens is 462 g/mol. The highest BCUT2D eigenvalue weighted by atomic mass is 127. The number of carbonyl (C=O) groups is 1. The van der Waals surface area contributed by atoms with Crippen LogP contribution in [0, 0.1) is 3.57 Å². The second-order valence-corrected chi connectivity index (χ2v) is 9.29. The van der Waals surface area contributed by atoms with Crippen LogP contribution >= 0.6 is 30.2 Å². The second kappa shape index (κ2) is 8.07. The molecule has 0 heterocycles. The molecule has 0 bridgehead atoms. The maximum atomic E-state index is 12.8. The van der Waals surface area contributed by atoms with Crippen molar-refractivity contribution < 1.29 is 33.0 Å². The molecule has 1 rings (SSSR count). The summed E-state index contributed by atoms with van der Waals surface area (Å²) in [6.45, 7) is 4.80. The minimum absolute atomic E-state index is 0.0203. The molecule has 1 atom stereocenters. The highest BCUT2D eigenvalue weighted by Gasteiger charge is 2.62. The average Bonchev–Trinajstić information content (AvgIpc) is 2.53. The molecule has 0 saturated heterocycles. The largest absolute Gasteiger partial charge is 0.457 e. The van der Waals surface area contributed by atoms with E-state index < -0.39 is 30.2 Å². The molecule has 1 aromatic rings. The van der Waals surface area contributed by atoms with Crippen molar-refractivity contribution >= 4 is 41.6 Å². The molecule has 0 radical (unpaired) electrons. The number of carbonyl (C=O) groups excluding carboxylic acids is 1. The monoisotopic (exact) mass is 482 g/mol. The molecule has 0 saturated carbocycles. The molecule has 0 spiro atoms. The first kappa shape index (κ1) is 22.0. The van der Waals surface area contributed by atoms with E-state index in [9.17, 15) is 20.0 Å². The first-order chi connectivity index (χ1) is 11.5. The van der Waals surface area contributed by atoms with Crippen LogP contribution in [0.25, 0.3) is 5.53 Å². The third-order valence-corrected chi connectivity index (χ3v) is 5.95. The molecule has 0 fully saturated rings. The lowest BCUT2D eigenvalue weighted by molar-refractivity contribution is -0.174. The number of hydrogen-bond donors (Lipinski definition) is 1. The third kappa shape index (κ3) is 4.55. The second-order valence-electron chi connectivity index (χ2n) is 5.98. The number of halogens is 1. The van der Waals surface area contributed by atoms with E-state index >= 15 is 0 Å². The van der Waals surface area contributed by atoms with Gasteiger partial charge in [0.25, 0.3) is 5.60 Å². The molecule has 0 aliphatic heterocycles. The van der Waals surface area contributed by atoms with Crippen LogP contribution in [0.2, 0.25) is 0 Å². The van der Waals surface area contributed by atoms with Crippen molar-refractivity contribution in [1.29, 1.82) is 0 Å². The summed E-state index contributed by atoms with van der Waals surface area (Å²) >= 11 is 1.88. The first-order valence-corrected chi connectivity index (χ1v) is 9.74. The Morgan fingerprint density at radius 2 is 1.76 bits per heavy atom. The summed E-state index contributed by atoms with van der Waals surface area (Å²) in [4.78, 5) is 15.7. The zero-order valence-corrected chi connectivity index (χ0v) is 17.6. The smallest absolute Gasteiger partial charge is 0.441 e. The van der Waals surface area contributed by atoms with E-state index in [0.717, 1.165) is 14.2 Å². The number of aliphatic hydroxyl groups is 1. The fourth-order valence-electron chi connectivity index (χ4n) is 2.00. The van der Waals surface area contributed by atoms with Crippen molar-refractivity contribution in [2.45, 2.75) is 32.0 Å². The molecule has 0 aliphatic carbocycles. The van der Waals surface area contributed by atoms with Crippen LogP contribution in [0.3, 0.4) is 0 Å².